The molecule has 0 fully saturated rings. The molecule has 0 radical (unpaired) electrons. The molecule has 0 aromatic heterocycles. The van der Waals surface area contributed by atoms with Crippen molar-refractivity contribution in [3.8, 4) is 0 Å². The average molecular weight is 123 g/mol. The van der Waals surface area contributed by atoms with Crippen LogP contribution in [0.25, 0.3) is 0 Å². The minimum absolute atomic E-state index is 0.721. The lowest BCUT2D eigenvalue weighted by molar-refractivity contribution is 1.01. The Morgan fingerprint density at radius 2 is 2.00 bits per heavy atom. The van der Waals surface area contributed by atoms with E-state index in [4.69, 9.17) is 5.73 Å². The van der Waals surface area contributed by atoms with Crippen LogP contribution in [0.5, 0.6) is 0 Å². The van der Waals surface area contributed by atoms with Crippen LogP contribution in [-0.2, 0) is 0 Å². The maximum atomic E-state index is 5.25. The van der Waals surface area contributed by atoms with Gasteiger partial charge in [-0.25, -0.2) is 0 Å². The van der Waals surface area contributed by atoms with E-state index in [0.29, 0.717) is 0 Å². The minimum atomic E-state index is 0.721. The van der Waals surface area contributed by atoms with Crippen LogP contribution in [0.3, 0.4) is 0 Å². The molecule has 0 aliphatic rings. The zero-order chi connectivity index (χ0) is 6.95. The lowest BCUT2D eigenvalue weighted by Gasteiger charge is -1.79. The molecular weight excluding hydrogens is 110 g/mol. The fourth-order valence-electron chi connectivity index (χ4n) is 0.414. The van der Waals surface area contributed by atoms with E-state index in [9.17, 15) is 0 Å². The van der Waals surface area contributed by atoms with E-state index < -0.39 is 0 Å². The van der Waals surface area contributed by atoms with Crippen molar-refractivity contribution in [3.63, 3.8) is 0 Å². The van der Waals surface area contributed by atoms with Crippen molar-refractivity contribution in [2.45, 2.75) is 6.42 Å². The van der Waals surface area contributed by atoms with Crippen LogP contribution in [0, 0.1) is 0 Å². The van der Waals surface area contributed by atoms with Crippen molar-refractivity contribution < 1.29 is 0 Å². The van der Waals surface area contributed by atoms with Crippen molar-refractivity contribution in [3.05, 3.63) is 37.0 Å². The van der Waals surface area contributed by atoms with Gasteiger partial charge in [0, 0.05) is 0 Å². The van der Waals surface area contributed by atoms with Crippen molar-refractivity contribution in [2.24, 2.45) is 5.73 Å². The summed E-state index contributed by atoms with van der Waals surface area (Å²) >= 11 is 0. The Morgan fingerprint density at radius 3 is 2.56 bits per heavy atom. The summed E-state index contributed by atoms with van der Waals surface area (Å²) in [6, 6.07) is 0. The molecule has 0 heterocycles. The molecule has 0 amide bonds. The average Bonchev–Trinajstić information content (AvgIpc) is 1.89. The van der Waals surface area contributed by atoms with Gasteiger partial charge in [-0.2, -0.15) is 0 Å². The first-order valence-corrected chi connectivity index (χ1v) is 3.06. The van der Waals surface area contributed by atoms with E-state index in [-0.39, 0.29) is 0 Å². The molecule has 0 saturated heterocycles. The van der Waals surface area contributed by atoms with Gasteiger partial charge in [0.05, 0.1) is 0 Å². The summed E-state index contributed by atoms with van der Waals surface area (Å²) in [6.07, 6.45) is 10.5. The van der Waals surface area contributed by atoms with Gasteiger partial charge in [-0.05, 0) is 13.0 Å². The van der Waals surface area contributed by atoms with Crippen LogP contribution in [0.4, 0.5) is 0 Å². The van der Waals surface area contributed by atoms with E-state index >= 15 is 0 Å². The Kier molecular flexibility index (Phi) is 6.53. The molecule has 0 aliphatic carbocycles. The van der Waals surface area contributed by atoms with Gasteiger partial charge in [-0.3, -0.25) is 0 Å². The van der Waals surface area contributed by atoms with Gasteiger partial charge in [0.25, 0.3) is 0 Å². The summed E-state index contributed by atoms with van der Waals surface area (Å²) < 4.78 is 0. The summed E-state index contributed by atoms with van der Waals surface area (Å²) in [7, 11) is 0. The second kappa shape index (κ2) is 7.18. The molecule has 0 rings (SSSR count). The Morgan fingerprint density at radius 1 is 1.22 bits per heavy atom. The minimum Gasteiger partial charge on any atom is -0.330 e. The summed E-state index contributed by atoms with van der Waals surface area (Å²) in [5, 5.41) is 0. The number of hydrogen-bond donors (Lipinski definition) is 1. The number of nitrogens with two attached hydrogens (primary N) is 1. The largest absolute Gasteiger partial charge is 0.330 e. The fraction of sp³-hybridized carbons (Fsp3) is 0.250. The van der Waals surface area contributed by atoms with Gasteiger partial charge < -0.3 is 5.73 Å². The number of allylic oxidation sites excluding steroid dienone is 4. The van der Waals surface area contributed by atoms with Gasteiger partial charge in [0.2, 0.25) is 0 Å². The fourth-order valence-corrected chi connectivity index (χ4v) is 0.414. The van der Waals surface area contributed by atoms with E-state index in [0.717, 1.165) is 13.0 Å². The van der Waals surface area contributed by atoms with Crippen molar-refractivity contribution in [2.75, 3.05) is 6.54 Å². The third-order valence-electron chi connectivity index (χ3n) is 0.828. The molecule has 0 saturated carbocycles. The van der Waals surface area contributed by atoms with Crippen LogP contribution in [-0.4, -0.2) is 6.54 Å². The third-order valence-corrected chi connectivity index (χ3v) is 0.828. The van der Waals surface area contributed by atoms with Gasteiger partial charge >= 0.3 is 0 Å². The molecule has 0 unspecified atom stereocenters. The number of hydrogen-bond acceptors (Lipinski definition) is 1. The second-order valence-corrected chi connectivity index (χ2v) is 1.63. The lowest BCUT2D eigenvalue weighted by Crippen LogP contribution is -1.94. The van der Waals surface area contributed by atoms with Crippen molar-refractivity contribution in [1.29, 1.82) is 0 Å². The Hall–Kier alpha value is -0.820. The van der Waals surface area contributed by atoms with Crippen LogP contribution in [0.1, 0.15) is 6.42 Å². The summed E-state index contributed by atoms with van der Waals surface area (Å²) in [5.74, 6) is 0. The molecule has 0 aromatic rings. The normalized spacial score (nSPS) is 11.2. The van der Waals surface area contributed by atoms with Crippen LogP contribution in [0.2, 0.25) is 0 Å². The van der Waals surface area contributed by atoms with Gasteiger partial charge in [0.1, 0.15) is 0 Å². The first kappa shape index (κ1) is 8.18. The molecule has 2 N–H and O–H groups in total. The monoisotopic (exact) mass is 123 g/mol. The highest BCUT2D eigenvalue weighted by atomic mass is 14.5. The zero-order valence-corrected chi connectivity index (χ0v) is 5.59. The van der Waals surface area contributed by atoms with Gasteiger partial charge in [0.15, 0.2) is 0 Å². The molecule has 0 spiro atoms. The Labute approximate surface area is 56.6 Å². The van der Waals surface area contributed by atoms with E-state index in [1.54, 1.807) is 6.08 Å². The molecule has 0 bridgehead atoms. The highest BCUT2D eigenvalue weighted by molar-refractivity contribution is 5.08. The van der Waals surface area contributed by atoms with Crippen LogP contribution >= 0.6 is 0 Å². The molecule has 1 nitrogen and oxygen atoms in total. The maximum absolute atomic E-state index is 5.25. The van der Waals surface area contributed by atoms with E-state index in [1.807, 2.05) is 24.3 Å². The quantitative estimate of drug-likeness (QED) is 0.565. The highest BCUT2D eigenvalue weighted by Crippen LogP contribution is 1.80. The molecule has 0 aliphatic heterocycles. The Balaban J connectivity index is 3.23. The van der Waals surface area contributed by atoms with Crippen LogP contribution in [0.15, 0.2) is 37.0 Å². The van der Waals surface area contributed by atoms with Gasteiger partial charge in [-0.1, -0.05) is 37.0 Å². The molecule has 0 atom stereocenters. The molecule has 1 heteroatoms. The number of rotatable bonds is 4. The molecular formula is C8H13N. The smallest absolute Gasteiger partial charge is 0.00425 e. The molecule has 50 valence electrons. The van der Waals surface area contributed by atoms with E-state index in [1.165, 1.54) is 0 Å². The third kappa shape index (κ3) is 7.18. The highest BCUT2D eigenvalue weighted by Gasteiger charge is 1.67. The first-order valence-electron chi connectivity index (χ1n) is 3.06. The standard InChI is InChI=1S/C8H13N/c1-2-3-4-5-6-7-8-9/h2-6H,1,7-9H2/b4-3?,6-5+. The predicted octanol–water partition coefficient (Wildman–Crippen LogP) is 1.63. The first-order chi connectivity index (χ1) is 4.41. The van der Waals surface area contributed by atoms with Crippen molar-refractivity contribution >= 4 is 0 Å². The summed E-state index contributed by atoms with van der Waals surface area (Å²) in [6.45, 7) is 4.25. The SMILES string of the molecule is C=CC=C/C=C/CCN. The van der Waals surface area contributed by atoms with Crippen LogP contribution < -0.4 is 5.73 Å². The second-order valence-electron chi connectivity index (χ2n) is 1.63. The zero-order valence-electron chi connectivity index (χ0n) is 5.59. The summed E-state index contributed by atoms with van der Waals surface area (Å²) in [4.78, 5) is 0. The lowest BCUT2D eigenvalue weighted by atomic mass is 10.3. The van der Waals surface area contributed by atoms with Gasteiger partial charge in [-0.15, -0.1) is 0 Å². The maximum Gasteiger partial charge on any atom is -0.00425 e. The molecule has 0 aromatic carbocycles. The Bertz CT molecular complexity index is 112. The topological polar surface area (TPSA) is 26.0 Å². The van der Waals surface area contributed by atoms with E-state index in [2.05, 4.69) is 6.58 Å². The molecule has 9 heavy (non-hydrogen) atoms. The predicted molar refractivity (Wildman–Crippen MR) is 42.1 cm³/mol. The van der Waals surface area contributed by atoms with Crippen molar-refractivity contribution in [1.82, 2.24) is 0 Å². The summed E-state index contributed by atoms with van der Waals surface area (Å²) in [5.41, 5.74) is 5.25.